The van der Waals surface area contributed by atoms with E-state index in [1.807, 2.05) is 0 Å². The third-order valence-electron chi connectivity index (χ3n) is 2.83. The first-order chi connectivity index (χ1) is 8.92. The third kappa shape index (κ3) is 10.9. The Kier molecular flexibility index (Phi) is 19.5. The van der Waals surface area contributed by atoms with E-state index in [0.717, 1.165) is 0 Å². The average molecular weight is 403 g/mol. The molecule has 24 heavy (non-hydrogen) atoms. The van der Waals surface area contributed by atoms with Crippen molar-refractivity contribution in [2.75, 3.05) is 0 Å². The fraction of sp³-hybridized carbons (Fsp3) is 0.600. The Morgan fingerprint density at radius 1 is 0.625 bits per heavy atom. The molecular formula is C10H16FeN2NaO10. The number of aliphatic carboxylic acids is 4. The van der Waals surface area contributed by atoms with Crippen molar-refractivity contribution in [2.24, 2.45) is 11.5 Å². The molecule has 0 aromatic rings. The quantitative estimate of drug-likeness (QED) is 0.343. The van der Waals surface area contributed by atoms with Gasteiger partial charge in [-0.15, -0.1) is 0 Å². The van der Waals surface area contributed by atoms with Crippen LogP contribution in [0.5, 0.6) is 0 Å². The molecule has 0 spiro atoms. The maximum atomic E-state index is 10.6. The Labute approximate surface area is 168 Å². The van der Waals surface area contributed by atoms with Crippen LogP contribution >= 0.6 is 0 Å². The molecule has 0 saturated carbocycles. The van der Waals surface area contributed by atoms with Crippen molar-refractivity contribution in [3.63, 3.8) is 0 Å². The summed E-state index contributed by atoms with van der Waals surface area (Å²) in [5.74, 6) is -7.33. The molecule has 0 aliphatic rings. The summed E-state index contributed by atoms with van der Waals surface area (Å²) < 4.78 is 0. The van der Waals surface area contributed by atoms with Gasteiger partial charge < -0.3 is 62.0 Å². The second-order valence-corrected chi connectivity index (χ2v) is 4.51. The largest absolute Gasteiger partial charge is 3.00 e. The maximum Gasteiger partial charge on any atom is 3.00 e. The molecule has 1 radical (unpaired) electrons. The smallest absolute Gasteiger partial charge is 0.550 e. The van der Waals surface area contributed by atoms with Crippen molar-refractivity contribution >= 4 is 23.9 Å². The van der Waals surface area contributed by atoms with E-state index < -0.39 is 60.6 Å². The monoisotopic (exact) mass is 403 g/mol. The summed E-state index contributed by atoms with van der Waals surface area (Å²) in [5.41, 5.74) is 6.20. The normalized spacial score (nSPS) is 9.92. The van der Waals surface area contributed by atoms with Gasteiger partial charge in [-0.2, -0.15) is 0 Å². The molecule has 0 rings (SSSR count). The van der Waals surface area contributed by atoms with E-state index in [0.29, 0.717) is 0 Å². The van der Waals surface area contributed by atoms with E-state index in [4.69, 9.17) is 11.5 Å². The number of carbonyl (C=O) groups excluding carboxylic acids is 4. The first kappa shape index (κ1) is 34.6. The molecule has 0 saturated heterocycles. The van der Waals surface area contributed by atoms with Crippen LogP contribution in [0.15, 0.2) is 0 Å². The van der Waals surface area contributed by atoms with Gasteiger partial charge in [0.1, 0.15) is 0 Å². The van der Waals surface area contributed by atoms with Crippen LogP contribution in [0.1, 0.15) is 25.7 Å². The van der Waals surface area contributed by atoms with Gasteiger partial charge in [-0.3, -0.25) is 0 Å². The van der Waals surface area contributed by atoms with Crippen molar-refractivity contribution < 1.29 is 97.2 Å². The zero-order valence-electron chi connectivity index (χ0n) is 12.6. The van der Waals surface area contributed by atoms with Gasteiger partial charge in [-0.05, 0) is 0 Å². The van der Waals surface area contributed by atoms with E-state index in [-0.39, 0.29) is 57.6 Å². The van der Waals surface area contributed by atoms with Crippen molar-refractivity contribution in [3.05, 3.63) is 0 Å². The molecule has 0 aromatic carbocycles. The Balaban J connectivity index is -0.000000301. The van der Waals surface area contributed by atoms with Crippen LogP contribution < -0.4 is 61.5 Å². The molecule has 135 valence electrons. The predicted molar refractivity (Wildman–Crippen MR) is 59.6 cm³/mol. The number of carboxylic acid groups (broad SMARTS) is 4. The summed E-state index contributed by atoms with van der Waals surface area (Å²) in [4.78, 5) is 42.5. The van der Waals surface area contributed by atoms with Crippen molar-refractivity contribution in [3.8, 4) is 0 Å². The number of hydrogen-bond donors (Lipinski definition) is 2. The van der Waals surface area contributed by atoms with Gasteiger partial charge in [0.25, 0.3) is 0 Å². The maximum absolute atomic E-state index is 10.6. The second kappa shape index (κ2) is 13.5. The minimum atomic E-state index is -2.43. The van der Waals surface area contributed by atoms with Crippen LogP contribution in [0.3, 0.4) is 0 Å². The zero-order valence-corrected chi connectivity index (χ0v) is 15.7. The van der Waals surface area contributed by atoms with Gasteiger partial charge in [0, 0.05) is 60.6 Å². The Hall–Kier alpha value is -0.761. The average Bonchev–Trinajstić information content (AvgIpc) is 2.10. The van der Waals surface area contributed by atoms with E-state index in [2.05, 4.69) is 0 Å². The summed E-state index contributed by atoms with van der Waals surface area (Å²) >= 11 is 0. The molecule has 0 amide bonds. The van der Waals surface area contributed by atoms with Crippen molar-refractivity contribution in [2.45, 2.75) is 36.8 Å². The summed E-state index contributed by atoms with van der Waals surface area (Å²) in [6, 6.07) is 0. The van der Waals surface area contributed by atoms with Gasteiger partial charge in [-0.25, -0.2) is 0 Å². The minimum Gasteiger partial charge on any atom is -0.550 e. The number of carbonyl (C=O) groups is 4. The number of hydrogen-bond acceptors (Lipinski definition) is 10. The van der Waals surface area contributed by atoms with Crippen molar-refractivity contribution in [1.29, 1.82) is 0 Å². The van der Waals surface area contributed by atoms with Gasteiger partial charge in [0.05, 0.1) is 0 Å². The first-order valence-corrected chi connectivity index (χ1v) is 5.29. The SMILES string of the molecule is NC(CC(=O)[O-])(CC(=O)[O-])C(N)(CC(=O)[O-])CC(=O)[O-].O.O.[Fe+3].[Na+]. The number of nitrogens with two attached hydrogens (primary N) is 2. The molecule has 0 heterocycles. The molecular weight excluding hydrogens is 387 g/mol. The van der Waals surface area contributed by atoms with E-state index in [1.54, 1.807) is 0 Å². The molecule has 14 heteroatoms. The molecule has 0 aliphatic heterocycles. The number of carboxylic acids is 4. The van der Waals surface area contributed by atoms with Crippen LogP contribution in [0.25, 0.3) is 0 Å². The standard InChI is InChI=1S/C10H16N2O8.Fe.Na.2H2O/c11-9(1-5(13)14,2-6(15)16)10(12,3-7(17)18)4-8(19)20;;;;/h1-4,11-12H2,(H,13,14)(H,15,16)(H,17,18)(H,19,20);;;2*1H2/q;+3;+1;;/p-4. The summed E-state index contributed by atoms with van der Waals surface area (Å²) in [6.07, 6.45) is -4.73. The molecule has 0 bridgehead atoms. The fourth-order valence-electron chi connectivity index (χ4n) is 1.86. The van der Waals surface area contributed by atoms with E-state index >= 15 is 0 Å². The van der Waals surface area contributed by atoms with Crippen LogP contribution in [-0.2, 0) is 36.2 Å². The topological polar surface area (TPSA) is 276 Å². The molecule has 0 aromatic heterocycles. The summed E-state index contributed by atoms with van der Waals surface area (Å²) in [7, 11) is 0. The van der Waals surface area contributed by atoms with Crippen LogP contribution in [0.4, 0.5) is 0 Å². The Bertz CT molecular complexity index is 375. The Morgan fingerprint density at radius 3 is 0.833 bits per heavy atom. The molecule has 8 N–H and O–H groups in total. The summed E-state index contributed by atoms with van der Waals surface area (Å²) in [6.45, 7) is 0. The minimum absolute atomic E-state index is 0. The zero-order chi connectivity index (χ0) is 16.1. The third-order valence-corrected chi connectivity index (χ3v) is 2.83. The van der Waals surface area contributed by atoms with Gasteiger partial charge in [0.2, 0.25) is 0 Å². The van der Waals surface area contributed by atoms with Gasteiger partial charge in [-0.1, -0.05) is 0 Å². The molecule has 12 nitrogen and oxygen atoms in total. The van der Waals surface area contributed by atoms with Crippen LogP contribution in [0, 0.1) is 0 Å². The number of rotatable bonds is 9. The Morgan fingerprint density at radius 2 is 0.750 bits per heavy atom. The second-order valence-electron chi connectivity index (χ2n) is 4.51. The predicted octanol–water partition coefficient (Wildman–Crippen LogP) is -11.7. The molecule has 0 unspecified atom stereocenters. The molecule has 0 aliphatic carbocycles. The first-order valence-electron chi connectivity index (χ1n) is 5.29. The van der Waals surface area contributed by atoms with Crippen LogP contribution in [-0.4, -0.2) is 45.9 Å². The summed E-state index contributed by atoms with van der Waals surface area (Å²) in [5, 5.41) is 42.5. The van der Waals surface area contributed by atoms with E-state index in [9.17, 15) is 39.6 Å². The van der Waals surface area contributed by atoms with Crippen molar-refractivity contribution in [1.82, 2.24) is 0 Å². The molecule has 0 atom stereocenters. The fourth-order valence-corrected chi connectivity index (χ4v) is 1.86. The van der Waals surface area contributed by atoms with Gasteiger partial charge >= 0.3 is 46.6 Å². The van der Waals surface area contributed by atoms with Gasteiger partial charge in [0.15, 0.2) is 0 Å². The van der Waals surface area contributed by atoms with Crippen LogP contribution in [0.2, 0.25) is 0 Å². The van der Waals surface area contributed by atoms with E-state index in [1.165, 1.54) is 0 Å². The molecule has 0 fully saturated rings.